The molecular formula is C15H27N3O3. The predicted octanol–water partition coefficient (Wildman–Crippen LogP) is 1.32. The Morgan fingerprint density at radius 1 is 1.19 bits per heavy atom. The molecule has 21 heavy (non-hydrogen) atoms. The van der Waals surface area contributed by atoms with Gasteiger partial charge >= 0.3 is 12.0 Å². The zero-order valence-corrected chi connectivity index (χ0v) is 13.3. The summed E-state index contributed by atoms with van der Waals surface area (Å²) in [6.07, 6.45) is 4.63. The number of likely N-dealkylation sites (N-methyl/N-ethyl adjacent to an activating group) is 2. The van der Waals surface area contributed by atoms with E-state index in [2.05, 4.69) is 19.0 Å². The van der Waals surface area contributed by atoms with Gasteiger partial charge in [-0.2, -0.15) is 0 Å². The van der Waals surface area contributed by atoms with Crippen molar-refractivity contribution in [3.05, 3.63) is 0 Å². The summed E-state index contributed by atoms with van der Waals surface area (Å²) >= 11 is 0. The molecule has 1 saturated heterocycles. The minimum absolute atomic E-state index is 0.0342. The number of carboxylic acid groups (broad SMARTS) is 1. The fourth-order valence-electron chi connectivity index (χ4n) is 3.40. The summed E-state index contributed by atoms with van der Waals surface area (Å²) in [4.78, 5) is 29.3. The molecule has 0 aromatic rings. The number of carboxylic acids is 1. The SMILES string of the molecule is CN(CC1(N(C)C)CCC1)C(=O)N1CCC(C(=O)O)CC1. The van der Waals surface area contributed by atoms with E-state index in [1.165, 1.54) is 6.42 Å². The zero-order chi connectivity index (χ0) is 15.6. The number of nitrogens with zero attached hydrogens (tertiary/aromatic N) is 3. The van der Waals surface area contributed by atoms with Gasteiger partial charge in [0, 0.05) is 32.2 Å². The van der Waals surface area contributed by atoms with E-state index in [4.69, 9.17) is 5.11 Å². The molecule has 2 fully saturated rings. The number of rotatable bonds is 4. The van der Waals surface area contributed by atoms with E-state index in [0.717, 1.165) is 19.4 Å². The second kappa shape index (κ2) is 6.22. The highest BCUT2D eigenvalue weighted by atomic mass is 16.4. The molecule has 6 nitrogen and oxygen atoms in total. The maximum absolute atomic E-state index is 12.5. The standard InChI is InChI=1S/C15H27N3O3/c1-16(2)15(7-4-8-15)11-17(3)14(21)18-9-5-12(6-10-18)13(19)20/h12H,4-11H2,1-3H3,(H,19,20). The number of hydrogen-bond acceptors (Lipinski definition) is 3. The number of amides is 2. The average molecular weight is 297 g/mol. The molecule has 1 saturated carbocycles. The summed E-state index contributed by atoms with van der Waals surface area (Å²) in [5.74, 6) is -1.03. The highest BCUT2D eigenvalue weighted by Gasteiger charge is 2.41. The Morgan fingerprint density at radius 2 is 1.76 bits per heavy atom. The molecule has 0 bridgehead atoms. The monoisotopic (exact) mass is 297 g/mol. The van der Waals surface area contributed by atoms with Crippen molar-refractivity contribution in [1.29, 1.82) is 0 Å². The van der Waals surface area contributed by atoms with E-state index in [1.54, 1.807) is 9.80 Å². The van der Waals surface area contributed by atoms with Crippen LogP contribution in [0.5, 0.6) is 0 Å². The second-order valence-electron chi connectivity index (χ2n) is 6.71. The Balaban J connectivity index is 1.87. The van der Waals surface area contributed by atoms with Gasteiger partial charge in [-0.15, -0.1) is 0 Å². The topological polar surface area (TPSA) is 64.1 Å². The van der Waals surface area contributed by atoms with Crippen LogP contribution < -0.4 is 0 Å². The van der Waals surface area contributed by atoms with Crippen molar-refractivity contribution in [2.45, 2.75) is 37.6 Å². The van der Waals surface area contributed by atoms with Crippen LogP contribution in [0.4, 0.5) is 4.79 Å². The molecule has 2 amide bonds. The number of carbonyl (C=O) groups is 2. The first-order valence-corrected chi connectivity index (χ1v) is 7.76. The maximum Gasteiger partial charge on any atom is 0.319 e. The van der Waals surface area contributed by atoms with Crippen LogP contribution in [0.15, 0.2) is 0 Å². The van der Waals surface area contributed by atoms with Crippen LogP contribution in [0.25, 0.3) is 0 Å². The lowest BCUT2D eigenvalue weighted by atomic mass is 9.75. The van der Waals surface area contributed by atoms with Gasteiger partial charge in [0.05, 0.1) is 5.92 Å². The van der Waals surface area contributed by atoms with Crippen LogP contribution in [-0.4, -0.2) is 78.1 Å². The van der Waals surface area contributed by atoms with Crippen molar-refractivity contribution >= 4 is 12.0 Å². The summed E-state index contributed by atoms with van der Waals surface area (Å²) < 4.78 is 0. The molecule has 1 heterocycles. The van der Waals surface area contributed by atoms with E-state index >= 15 is 0 Å². The van der Waals surface area contributed by atoms with Crippen molar-refractivity contribution in [3.63, 3.8) is 0 Å². The van der Waals surface area contributed by atoms with Crippen molar-refractivity contribution in [3.8, 4) is 0 Å². The van der Waals surface area contributed by atoms with Crippen LogP contribution in [0, 0.1) is 5.92 Å². The van der Waals surface area contributed by atoms with Crippen molar-refractivity contribution in [2.75, 3.05) is 40.8 Å². The number of urea groups is 1. The highest BCUT2D eigenvalue weighted by molar-refractivity contribution is 5.75. The van der Waals surface area contributed by atoms with E-state index in [9.17, 15) is 9.59 Å². The first-order valence-electron chi connectivity index (χ1n) is 7.76. The molecule has 2 rings (SSSR count). The molecule has 0 radical (unpaired) electrons. The third-order valence-corrected chi connectivity index (χ3v) is 5.21. The molecule has 1 N–H and O–H groups in total. The molecule has 0 atom stereocenters. The fraction of sp³-hybridized carbons (Fsp3) is 0.867. The van der Waals surface area contributed by atoms with E-state index in [1.807, 2.05) is 7.05 Å². The van der Waals surface area contributed by atoms with Gasteiger partial charge in [0.15, 0.2) is 0 Å². The molecule has 120 valence electrons. The molecule has 0 aromatic carbocycles. The van der Waals surface area contributed by atoms with Gasteiger partial charge in [-0.25, -0.2) is 4.79 Å². The van der Waals surface area contributed by atoms with Gasteiger partial charge in [0.2, 0.25) is 0 Å². The highest BCUT2D eigenvalue weighted by Crippen LogP contribution is 2.36. The third-order valence-electron chi connectivity index (χ3n) is 5.21. The smallest absolute Gasteiger partial charge is 0.319 e. The second-order valence-corrected chi connectivity index (χ2v) is 6.71. The molecular weight excluding hydrogens is 270 g/mol. The summed E-state index contributed by atoms with van der Waals surface area (Å²) in [5.41, 5.74) is 0.129. The van der Waals surface area contributed by atoms with Crippen LogP contribution in [0.3, 0.4) is 0 Å². The van der Waals surface area contributed by atoms with E-state index < -0.39 is 5.97 Å². The van der Waals surface area contributed by atoms with Gasteiger partial charge in [-0.1, -0.05) is 0 Å². The van der Waals surface area contributed by atoms with Crippen molar-refractivity contribution in [2.24, 2.45) is 5.92 Å². The average Bonchev–Trinajstić information content (AvgIpc) is 2.41. The molecule has 0 spiro atoms. The first-order chi connectivity index (χ1) is 9.85. The largest absolute Gasteiger partial charge is 0.481 e. The van der Waals surface area contributed by atoms with E-state index in [0.29, 0.717) is 25.9 Å². The summed E-state index contributed by atoms with van der Waals surface area (Å²) in [5, 5.41) is 9.01. The van der Waals surface area contributed by atoms with Crippen LogP contribution in [-0.2, 0) is 4.79 Å². The van der Waals surface area contributed by atoms with Gasteiger partial charge in [0.25, 0.3) is 0 Å². The normalized spacial score (nSPS) is 22.0. The summed E-state index contributed by atoms with van der Waals surface area (Å²) in [6, 6.07) is 0.0342. The third kappa shape index (κ3) is 3.31. The number of likely N-dealkylation sites (tertiary alicyclic amines) is 1. The van der Waals surface area contributed by atoms with Crippen molar-refractivity contribution < 1.29 is 14.7 Å². The Morgan fingerprint density at radius 3 is 2.14 bits per heavy atom. The van der Waals surface area contributed by atoms with E-state index in [-0.39, 0.29) is 17.5 Å². The minimum atomic E-state index is -0.739. The Labute approximate surface area is 126 Å². The summed E-state index contributed by atoms with van der Waals surface area (Å²) in [7, 11) is 6.01. The van der Waals surface area contributed by atoms with Gasteiger partial charge in [-0.3, -0.25) is 4.79 Å². The Bertz CT molecular complexity index is 399. The Kier molecular flexibility index (Phi) is 4.76. The van der Waals surface area contributed by atoms with Gasteiger partial charge in [-0.05, 0) is 46.2 Å². The molecule has 0 unspecified atom stereocenters. The zero-order valence-electron chi connectivity index (χ0n) is 13.3. The molecule has 1 aliphatic carbocycles. The predicted molar refractivity (Wildman–Crippen MR) is 80.2 cm³/mol. The van der Waals surface area contributed by atoms with Crippen molar-refractivity contribution in [1.82, 2.24) is 14.7 Å². The number of hydrogen-bond donors (Lipinski definition) is 1. The number of aliphatic carboxylic acids is 1. The number of carbonyl (C=O) groups excluding carboxylic acids is 1. The molecule has 1 aliphatic heterocycles. The van der Waals surface area contributed by atoms with Crippen LogP contribution in [0.1, 0.15) is 32.1 Å². The van der Waals surface area contributed by atoms with Gasteiger partial charge < -0.3 is 19.8 Å². The summed E-state index contributed by atoms with van der Waals surface area (Å²) in [6.45, 7) is 1.85. The lowest BCUT2D eigenvalue weighted by molar-refractivity contribution is -0.143. The Hall–Kier alpha value is -1.30. The molecule has 2 aliphatic rings. The van der Waals surface area contributed by atoms with Crippen LogP contribution >= 0.6 is 0 Å². The quantitative estimate of drug-likeness (QED) is 0.850. The fourth-order valence-corrected chi connectivity index (χ4v) is 3.40. The van der Waals surface area contributed by atoms with Gasteiger partial charge in [0.1, 0.15) is 0 Å². The molecule has 6 heteroatoms. The lowest BCUT2D eigenvalue weighted by Crippen LogP contribution is -2.59. The number of piperidine rings is 1. The molecule has 0 aromatic heterocycles. The minimum Gasteiger partial charge on any atom is -0.481 e. The maximum atomic E-state index is 12.5. The lowest BCUT2D eigenvalue weighted by Gasteiger charge is -2.49. The first kappa shape index (κ1) is 16.1. The van der Waals surface area contributed by atoms with Crippen LogP contribution in [0.2, 0.25) is 0 Å².